The van der Waals surface area contributed by atoms with Gasteiger partial charge in [-0.15, -0.1) is 24.0 Å². The molecule has 0 atom stereocenters. The third kappa shape index (κ3) is 5.28. The van der Waals surface area contributed by atoms with E-state index in [-0.39, 0.29) is 24.0 Å². The van der Waals surface area contributed by atoms with E-state index in [9.17, 15) is 0 Å². The molecular formula is C18H21IN6. The Hall–Kier alpha value is -2.42. The fourth-order valence-corrected chi connectivity index (χ4v) is 2.35. The summed E-state index contributed by atoms with van der Waals surface area (Å²) in [5, 5.41) is 9.83. The summed E-state index contributed by atoms with van der Waals surface area (Å²) in [6.45, 7) is 2.62. The summed E-state index contributed by atoms with van der Waals surface area (Å²) in [5.41, 5.74) is 10.2. The van der Waals surface area contributed by atoms with Crippen molar-refractivity contribution < 1.29 is 0 Å². The standard InChI is InChI=1S/C18H20N6.HI/c1-2-13-6-8-16(9-7-13)23-18(19)20-11-14-4-3-5-15(10-14)17-21-12-22-24-17;/h3-10,12H,2,11H2,1H3,(H3,19,20,23)(H,21,22,24);1H. The Morgan fingerprint density at radius 2 is 1.96 bits per heavy atom. The number of aliphatic imine (C=N–C) groups is 1. The number of guanidine groups is 1. The Balaban J connectivity index is 0.00000225. The van der Waals surface area contributed by atoms with E-state index in [2.05, 4.69) is 44.5 Å². The van der Waals surface area contributed by atoms with Gasteiger partial charge in [0.15, 0.2) is 11.8 Å². The fourth-order valence-electron chi connectivity index (χ4n) is 2.35. The van der Waals surface area contributed by atoms with Gasteiger partial charge in [-0.3, -0.25) is 5.10 Å². The molecule has 0 unspecified atom stereocenters. The second kappa shape index (κ2) is 9.16. The summed E-state index contributed by atoms with van der Waals surface area (Å²) in [7, 11) is 0. The maximum atomic E-state index is 5.97. The number of rotatable bonds is 5. The highest BCUT2D eigenvalue weighted by atomic mass is 127. The van der Waals surface area contributed by atoms with Gasteiger partial charge in [0.2, 0.25) is 0 Å². The van der Waals surface area contributed by atoms with Crippen LogP contribution in [0.1, 0.15) is 18.1 Å². The molecule has 3 rings (SSSR count). The van der Waals surface area contributed by atoms with Crippen LogP contribution < -0.4 is 11.1 Å². The topological polar surface area (TPSA) is 92.0 Å². The highest BCUT2D eigenvalue weighted by Crippen LogP contribution is 2.16. The molecule has 0 aliphatic heterocycles. The lowest BCUT2D eigenvalue weighted by molar-refractivity contribution is 1.06. The summed E-state index contributed by atoms with van der Waals surface area (Å²) < 4.78 is 0. The second-order valence-electron chi connectivity index (χ2n) is 5.41. The van der Waals surface area contributed by atoms with Crippen LogP contribution >= 0.6 is 24.0 Å². The number of nitrogens with one attached hydrogen (secondary N) is 2. The number of halogens is 1. The van der Waals surface area contributed by atoms with E-state index in [1.54, 1.807) is 0 Å². The number of H-pyrrole nitrogens is 1. The van der Waals surface area contributed by atoms with Crippen LogP contribution in [0.4, 0.5) is 5.69 Å². The average Bonchev–Trinajstić information content (AvgIpc) is 3.16. The highest BCUT2D eigenvalue weighted by Gasteiger charge is 2.02. The molecule has 2 aromatic carbocycles. The van der Waals surface area contributed by atoms with Crippen LogP contribution in [0.15, 0.2) is 59.9 Å². The molecule has 0 saturated heterocycles. The first kappa shape index (κ1) is 18.9. The molecule has 6 nitrogen and oxygen atoms in total. The molecule has 0 radical (unpaired) electrons. The van der Waals surface area contributed by atoms with E-state index in [1.807, 2.05) is 36.4 Å². The van der Waals surface area contributed by atoms with E-state index in [0.717, 1.165) is 29.1 Å². The van der Waals surface area contributed by atoms with Crippen LogP contribution in [0.25, 0.3) is 11.4 Å². The van der Waals surface area contributed by atoms with E-state index < -0.39 is 0 Å². The van der Waals surface area contributed by atoms with Crippen LogP contribution in [0.3, 0.4) is 0 Å². The maximum Gasteiger partial charge on any atom is 0.193 e. The van der Waals surface area contributed by atoms with Crippen LogP contribution in [0.5, 0.6) is 0 Å². The van der Waals surface area contributed by atoms with Gasteiger partial charge in [-0.1, -0.05) is 37.3 Å². The van der Waals surface area contributed by atoms with Crippen molar-refractivity contribution in [3.8, 4) is 11.4 Å². The van der Waals surface area contributed by atoms with Gasteiger partial charge in [0, 0.05) is 11.3 Å². The van der Waals surface area contributed by atoms with E-state index in [4.69, 9.17) is 5.73 Å². The van der Waals surface area contributed by atoms with Crippen molar-refractivity contribution >= 4 is 35.6 Å². The van der Waals surface area contributed by atoms with Crippen molar-refractivity contribution in [3.05, 3.63) is 66.0 Å². The number of anilines is 1. The van der Waals surface area contributed by atoms with Crippen LogP contribution in [0.2, 0.25) is 0 Å². The first-order valence-electron chi connectivity index (χ1n) is 7.85. The predicted molar refractivity (Wildman–Crippen MR) is 112 cm³/mol. The fraction of sp³-hybridized carbons (Fsp3) is 0.167. The molecule has 25 heavy (non-hydrogen) atoms. The lowest BCUT2D eigenvalue weighted by atomic mass is 10.1. The smallest absolute Gasteiger partial charge is 0.193 e. The number of nitrogens with two attached hydrogens (primary N) is 1. The molecular weight excluding hydrogens is 427 g/mol. The first-order valence-corrected chi connectivity index (χ1v) is 7.85. The molecule has 0 bridgehead atoms. The summed E-state index contributed by atoms with van der Waals surface area (Å²) in [6, 6.07) is 16.1. The Labute approximate surface area is 164 Å². The van der Waals surface area contributed by atoms with Crippen LogP contribution in [0, 0.1) is 0 Å². The van der Waals surface area contributed by atoms with E-state index >= 15 is 0 Å². The minimum atomic E-state index is 0. The minimum absolute atomic E-state index is 0. The van der Waals surface area contributed by atoms with Gasteiger partial charge in [-0.2, -0.15) is 5.10 Å². The van der Waals surface area contributed by atoms with E-state index in [0.29, 0.717) is 12.5 Å². The van der Waals surface area contributed by atoms with Gasteiger partial charge in [-0.05, 0) is 35.7 Å². The predicted octanol–water partition coefficient (Wildman–Crippen LogP) is 3.58. The molecule has 0 aliphatic rings. The molecule has 0 spiro atoms. The minimum Gasteiger partial charge on any atom is -0.370 e. The Morgan fingerprint density at radius 1 is 1.16 bits per heavy atom. The molecule has 1 heterocycles. The Morgan fingerprint density at radius 3 is 2.64 bits per heavy atom. The Kier molecular flexibility index (Phi) is 6.93. The number of hydrogen-bond acceptors (Lipinski definition) is 3. The van der Waals surface area contributed by atoms with Crippen molar-refractivity contribution in [2.24, 2.45) is 10.7 Å². The zero-order valence-corrected chi connectivity index (χ0v) is 16.3. The molecule has 7 heteroatoms. The molecule has 3 aromatic rings. The van der Waals surface area contributed by atoms with Crippen molar-refractivity contribution in [1.29, 1.82) is 0 Å². The largest absolute Gasteiger partial charge is 0.370 e. The molecule has 4 N–H and O–H groups in total. The van der Waals surface area contributed by atoms with Crippen molar-refractivity contribution in [2.45, 2.75) is 19.9 Å². The molecule has 1 aromatic heterocycles. The number of nitrogens with zero attached hydrogens (tertiary/aromatic N) is 3. The molecule has 0 aliphatic carbocycles. The van der Waals surface area contributed by atoms with E-state index in [1.165, 1.54) is 11.9 Å². The first-order chi connectivity index (χ1) is 11.7. The van der Waals surface area contributed by atoms with Gasteiger partial charge in [0.05, 0.1) is 6.54 Å². The third-order valence-electron chi connectivity index (χ3n) is 3.68. The molecule has 0 amide bonds. The zero-order chi connectivity index (χ0) is 16.8. The summed E-state index contributed by atoms with van der Waals surface area (Å²) in [4.78, 5) is 8.54. The SMILES string of the molecule is CCc1ccc(NC(N)=NCc2cccc(-c3ncn[nH]3)c2)cc1.I. The lowest BCUT2D eigenvalue weighted by Gasteiger charge is -2.07. The number of aromatic nitrogens is 3. The number of benzene rings is 2. The van der Waals surface area contributed by atoms with Gasteiger partial charge < -0.3 is 11.1 Å². The molecule has 0 fully saturated rings. The van der Waals surface area contributed by atoms with Gasteiger partial charge in [0.1, 0.15) is 6.33 Å². The number of hydrogen-bond donors (Lipinski definition) is 3. The number of aryl methyl sites for hydroxylation is 1. The van der Waals surface area contributed by atoms with Gasteiger partial charge in [-0.25, -0.2) is 9.98 Å². The molecule has 130 valence electrons. The van der Waals surface area contributed by atoms with Gasteiger partial charge in [0.25, 0.3) is 0 Å². The monoisotopic (exact) mass is 448 g/mol. The normalized spacial score (nSPS) is 11.0. The van der Waals surface area contributed by atoms with Crippen LogP contribution in [-0.2, 0) is 13.0 Å². The maximum absolute atomic E-state index is 5.97. The average molecular weight is 448 g/mol. The van der Waals surface area contributed by atoms with Crippen LogP contribution in [-0.4, -0.2) is 21.1 Å². The summed E-state index contributed by atoms with van der Waals surface area (Å²) in [5.74, 6) is 1.13. The van der Waals surface area contributed by atoms with Gasteiger partial charge >= 0.3 is 0 Å². The quantitative estimate of drug-likeness (QED) is 0.316. The van der Waals surface area contributed by atoms with Crippen molar-refractivity contribution in [3.63, 3.8) is 0 Å². The molecule has 0 saturated carbocycles. The summed E-state index contributed by atoms with van der Waals surface area (Å²) >= 11 is 0. The van der Waals surface area contributed by atoms with Crippen molar-refractivity contribution in [1.82, 2.24) is 15.2 Å². The number of aromatic amines is 1. The third-order valence-corrected chi connectivity index (χ3v) is 3.68. The van der Waals surface area contributed by atoms with Crippen molar-refractivity contribution in [2.75, 3.05) is 5.32 Å². The zero-order valence-electron chi connectivity index (χ0n) is 13.9. The Bertz CT molecular complexity index is 812. The summed E-state index contributed by atoms with van der Waals surface area (Å²) in [6.07, 6.45) is 2.51. The lowest BCUT2D eigenvalue weighted by Crippen LogP contribution is -2.22. The highest BCUT2D eigenvalue weighted by molar-refractivity contribution is 14.0. The second-order valence-corrected chi connectivity index (χ2v) is 5.41.